The van der Waals surface area contributed by atoms with E-state index in [1.165, 1.54) is 12.8 Å². The van der Waals surface area contributed by atoms with Crippen molar-refractivity contribution in [2.45, 2.75) is 31.8 Å². The summed E-state index contributed by atoms with van der Waals surface area (Å²) in [7, 11) is 1.83. The van der Waals surface area contributed by atoms with Crippen LogP contribution in [0.2, 0.25) is 0 Å². The van der Waals surface area contributed by atoms with Gasteiger partial charge in [-0.05, 0) is 31.6 Å². The van der Waals surface area contributed by atoms with Gasteiger partial charge >= 0.3 is 0 Å². The van der Waals surface area contributed by atoms with Gasteiger partial charge in [0.15, 0.2) is 5.96 Å². The number of halogens is 2. The highest BCUT2D eigenvalue weighted by molar-refractivity contribution is 14.0. The van der Waals surface area contributed by atoms with Crippen LogP contribution in [0.1, 0.15) is 25.7 Å². The number of hydrogen-bond acceptors (Lipinski definition) is 2. The Morgan fingerprint density at radius 3 is 2.50 bits per heavy atom. The van der Waals surface area contributed by atoms with Gasteiger partial charge in [0.1, 0.15) is 0 Å². The van der Waals surface area contributed by atoms with Crippen LogP contribution in [0.3, 0.4) is 0 Å². The second-order valence-corrected chi connectivity index (χ2v) is 6.50. The molecule has 0 amide bonds. The van der Waals surface area contributed by atoms with E-state index in [9.17, 15) is 0 Å². The standard InChI is InChI=1S/C14H24BrN3O.HI/c1-11(15)9-17-14(16-2)18-7-5-13(6-8-18)19-10-12-3-4-12;/h12-13H,1,3-10H2,2H3,(H,16,17);1H. The first-order valence-electron chi connectivity index (χ1n) is 7.09. The molecule has 1 N–H and O–H groups in total. The maximum Gasteiger partial charge on any atom is 0.193 e. The van der Waals surface area contributed by atoms with Crippen molar-refractivity contribution in [2.24, 2.45) is 10.9 Å². The first kappa shape index (κ1) is 18.2. The van der Waals surface area contributed by atoms with E-state index in [1.807, 2.05) is 7.05 Å². The molecule has 0 spiro atoms. The first-order valence-corrected chi connectivity index (χ1v) is 7.89. The van der Waals surface area contributed by atoms with Crippen LogP contribution in [0.5, 0.6) is 0 Å². The van der Waals surface area contributed by atoms with E-state index >= 15 is 0 Å². The van der Waals surface area contributed by atoms with E-state index in [4.69, 9.17) is 4.74 Å². The third-order valence-electron chi connectivity index (χ3n) is 3.66. The molecule has 2 fully saturated rings. The van der Waals surface area contributed by atoms with Crippen molar-refractivity contribution in [1.82, 2.24) is 10.2 Å². The summed E-state index contributed by atoms with van der Waals surface area (Å²) < 4.78 is 6.90. The largest absolute Gasteiger partial charge is 0.378 e. The van der Waals surface area contributed by atoms with Crippen LogP contribution < -0.4 is 5.32 Å². The summed E-state index contributed by atoms with van der Waals surface area (Å²) >= 11 is 3.36. The predicted octanol–water partition coefficient (Wildman–Crippen LogP) is 2.98. The number of guanidine groups is 1. The molecule has 0 bridgehead atoms. The number of rotatable bonds is 5. The number of piperidine rings is 1. The summed E-state index contributed by atoms with van der Waals surface area (Å²) in [5, 5.41) is 3.30. The molecule has 6 heteroatoms. The van der Waals surface area contributed by atoms with Crippen LogP contribution in [0.25, 0.3) is 0 Å². The minimum absolute atomic E-state index is 0. The van der Waals surface area contributed by atoms with Gasteiger partial charge in [0.05, 0.1) is 6.10 Å². The number of hydrogen-bond donors (Lipinski definition) is 1. The smallest absolute Gasteiger partial charge is 0.193 e. The van der Waals surface area contributed by atoms with Crippen molar-refractivity contribution < 1.29 is 4.74 Å². The Balaban J connectivity index is 0.00000200. The molecule has 0 atom stereocenters. The molecule has 2 rings (SSSR count). The third kappa shape index (κ3) is 6.30. The molecule has 1 aliphatic carbocycles. The molecule has 2 aliphatic rings. The highest BCUT2D eigenvalue weighted by atomic mass is 127. The van der Waals surface area contributed by atoms with Crippen LogP contribution in [-0.4, -0.2) is 50.3 Å². The van der Waals surface area contributed by atoms with E-state index in [2.05, 4.69) is 37.7 Å². The number of likely N-dealkylation sites (tertiary alicyclic amines) is 1. The molecule has 0 unspecified atom stereocenters. The highest BCUT2D eigenvalue weighted by Gasteiger charge is 2.26. The lowest BCUT2D eigenvalue weighted by Gasteiger charge is -2.34. The van der Waals surface area contributed by atoms with Crippen LogP contribution >= 0.6 is 39.9 Å². The van der Waals surface area contributed by atoms with Gasteiger partial charge in [-0.2, -0.15) is 0 Å². The van der Waals surface area contributed by atoms with Gasteiger partial charge in [-0.3, -0.25) is 4.99 Å². The summed E-state index contributed by atoms with van der Waals surface area (Å²) in [6.45, 7) is 7.55. The van der Waals surface area contributed by atoms with Crippen LogP contribution in [0, 0.1) is 5.92 Å². The number of ether oxygens (including phenoxy) is 1. The highest BCUT2D eigenvalue weighted by Crippen LogP contribution is 2.30. The molecule has 0 aromatic heterocycles. The van der Waals surface area contributed by atoms with Gasteiger partial charge in [0.2, 0.25) is 0 Å². The van der Waals surface area contributed by atoms with Crippen LogP contribution in [0.15, 0.2) is 16.1 Å². The summed E-state index contributed by atoms with van der Waals surface area (Å²) in [5.41, 5.74) is 0. The molecule has 4 nitrogen and oxygen atoms in total. The summed E-state index contributed by atoms with van der Waals surface area (Å²) in [6, 6.07) is 0. The zero-order valence-corrected chi connectivity index (χ0v) is 16.0. The SMILES string of the molecule is C=C(Br)CNC(=NC)N1CCC(OCC2CC2)CC1.I. The van der Waals surface area contributed by atoms with Crippen molar-refractivity contribution in [1.29, 1.82) is 0 Å². The molecule has 20 heavy (non-hydrogen) atoms. The zero-order valence-electron chi connectivity index (χ0n) is 12.1. The molecular weight excluding hydrogens is 433 g/mol. The van der Waals surface area contributed by atoms with Gasteiger partial charge < -0.3 is 15.0 Å². The quantitative estimate of drug-likeness (QED) is 0.391. The lowest BCUT2D eigenvalue weighted by molar-refractivity contribution is 0.0131. The van der Waals surface area contributed by atoms with E-state index < -0.39 is 0 Å². The topological polar surface area (TPSA) is 36.9 Å². The second-order valence-electron chi connectivity index (χ2n) is 5.38. The molecular formula is C14H25BrIN3O. The number of nitrogens with one attached hydrogen (secondary N) is 1. The normalized spacial score (nSPS) is 20.5. The molecule has 1 saturated heterocycles. The Morgan fingerprint density at radius 1 is 1.35 bits per heavy atom. The maximum atomic E-state index is 5.96. The molecule has 0 aromatic rings. The molecule has 116 valence electrons. The summed E-state index contributed by atoms with van der Waals surface area (Å²) in [6.07, 6.45) is 5.38. The lowest BCUT2D eigenvalue weighted by atomic mass is 10.1. The predicted molar refractivity (Wildman–Crippen MR) is 98.1 cm³/mol. The van der Waals surface area contributed by atoms with Crippen molar-refractivity contribution in [2.75, 3.05) is 33.3 Å². The molecule has 1 heterocycles. The van der Waals surface area contributed by atoms with E-state index in [0.29, 0.717) is 12.6 Å². The van der Waals surface area contributed by atoms with Crippen molar-refractivity contribution in [3.63, 3.8) is 0 Å². The Morgan fingerprint density at radius 2 is 2.00 bits per heavy atom. The number of aliphatic imine (C=N–C) groups is 1. The maximum absolute atomic E-state index is 5.96. The average molecular weight is 458 g/mol. The number of nitrogens with zero attached hydrogens (tertiary/aromatic N) is 2. The monoisotopic (exact) mass is 457 g/mol. The van der Waals surface area contributed by atoms with Gasteiger partial charge in [-0.15, -0.1) is 24.0 Å². The molecule has 1 saturated carbocycles. The van der Waals surface area contributed by atoms with E-state index in [0.717, 1.165) is 48.9 Å². The van der Waals surface area contributed by atoms with Crippen molar-refractivity contribution in [3.8, 4) is 0 Å². The fourth-order valence-electron chi connectivity index (χ4n) is 2.30. The summed E-state index contributed by atoms with van der Waals surface area (Å²) in [4.78, 5) is 6.62. The fourth-order valence-corrected chi connectivity index (χ4v) is 2.44. The average Bonchev–Trinajstić information content (AvgIpc) is 3.22. The van der Waals surface area contributed by atoms with Crippen LogP contribution in [0.4, 0.5) is 0 Å². The van der Waals surface area contributed by atoms with Gasteiger partial charge in [0, 0.05) is 37.8 Å². The zero-order chi connectivity index (χ0) is 13.7. The van der Waals surface area contributed by atoms with Gasteiger partial charge in [0.25, 0.3) is 0 Å². The first-order chi connectivity index (χ1) is 9.19. The van der Waals surface area contributed by atoms with E-state index in [-0.39, 0.29) is 24.0 Å². The molecule has 1 aliphatic heterocycles. The Labute approximate surface area is 147 Å². The van der Waals surface area contributed by atoms with Gasteiger partial charge in [-0.25, -0.2) is 0 Å². The Bertz CT molecular complexity index is 339. The summed E-state index contributed by atoms with van der Waals surface area (Å²) in [5.74, 6) is 1.82. The lowest BCUT2D eigenvalue weighted by Crippen LogP contribution is -2.47. The second kappa shape index (κ2) is 9.25. The minimum Gasteiger partial charge on any atom is -0.378 e. The van der Waals surface area contributed by atoms with Crippen molar-refractivity contribution >= 4 is 45.9 Å². The molecule has 0 aromatic carbocycles. The van der Waals surface area contributed by atoms with E-state index in [1.54, 1.807) is 0 Å². The molecule has 0 radical (unpaired) electrons. The van der Waals surface area contributed by atoms with Gasteiger partial charge in [-0.1, -0.05) is 22.5 Å². The van der Waals surface area contributed by atoms with Crippen molar-refractivity contribution in [3.05, 3.63) is 11.1 Å². The third-order valence-corrected chi connectivity index (χ3v) is 3.94. The Hall–Kier alpha value is 0.180. The van der Waals surface area contributed by atoms with Crippen LogP contribution in [-0.2, 0) is 4.74 Å². The Kier molecular flexibility index (Phi) is 8.43. The minimum atomic E-state index is 0. The fraction of sp³-hybridized carbons (Fsp3) is 0.786.